The van der Waals surface area contributed by atoms with Crippen LogP contribution >= 0.6 is 0 Å². The van der Waals surface area contributed by atoms with Crippen molar-refractivity contribution in [1.82, 2.24) is 4.90 Å². The molecule has 0 spiro atoms. The van der Waals surface area contributed by atoms with Crippen LogP contribution in [0.2, 0.25) is 0 Å². The molecular weight excluding hydrogens is 426 g/mol. The van der Waals surface area contributed by atoms with Crippen LogP contribution in [0.15, 0.2) is 0 Å². The van der Waals surface area contributed by atoms with Gasteiger partial charge in [-0.3, -0.25) is 0 Å². The summed E-state index contributed by atoms with van der Waals surface area (Å²) >= 11 is 0. The SMILES string of the molecule is C[C@]12CCC(OCCCN3CCCC3)CC1CC[C@@H]1[C@H]2CC[C@]2(C)C(C3OCCO3)CC[C@@]12O. The molecule has 5 heteroatoms. The van der Waals surface area contributed by atoms with Gasteiger partial charge in [-0.15, -0.1) is 0 Å². The van der Waals surface area contributed by atoms with E-state index < -0.39 is 5.60 Å². The minimum absolute atomic E-state index is 0.0674. The van der Waals surface area contributed by atoms with E-state index in [1.165, 1.54) is 77.4 Å². The fourth-order valence-electron chi connectivity index (χ4n) is 9.97. The lowest BCUT2D eigenvalue weighted by Gasteiger charge is -2.63. The molecule has 34 heavy (non-hydrogen) atoms. The van der Waals surface area contributed by atoms with E-state index in [4.69, 9.17) is 14.2 Å². The van der Waals surface area contributed by atoms with Crippen molar-refractivity contribution in [1.29, 1.82) is 0 Å². The third kappa shape index (κ3) is 3.83. The van der Waals surface area contributed by atoms with Gasteiger partial charge in [0.1, 0.15) is 0 Å². The Morgan fingerprint density at radius 1 is 0.882 bits per heavy atom. The topological polar surface area (TPSA) is 51.2 Å². The zero-order valence-corrected chi connectivity index (χ0v) is 21.8. The van der Waals surface area contributed by atoms with Crippen molar-refractivity contribution in [2.45, 2.75) is 109 Å². The summed E-state index contributed by atoms with van der Waals surface area (Å²) in [5.41, 5.74) is -0.247. The van der Waals surface area contributed by atoms with E-state index in [9.17, 15) is 5.11 Å². The van der Waals surface area contributed by atoms with E-state index in [-0.39, 0.29) is 11.7 Å². The fourth-order valence-corrected chi connectivity index (χ4v) is 9.97. The van der Waals surface area contributed by atoms with Gasteiger partial charge < -0.3 is 24.2 Å². The molecule has 3 unspecified atom stereocenters. The van der Waals surface area contributed by atoms with E-state index >= 15 is 0 Å². The Kier molecular flexibility index (Phi) is 6.59. The number of aliphatic hydroxyl groups is 1. The van der Waals surface area contributed by atoms with Crippen molar-refractivity contribution in [3.05, 3.63) is 0 Å². The third-order valence-corrected chi connectivity index (χ3v) is 12.0. The summed E-state index contributed by atoms with van der Waals surface area (Å²) in [5, 5.41) is 12.3. The molecule has 194 valence electrons. The second-order valence-corrected chi connectivity index (χ2v) is 13.3. The molecule has 8 atom stereocenters. The zero-order chi connectivity index (χ0) is 23.4. The second-order valence-electron chi connectivity index (χ2n) is 13.3. The average molecular weight is 476 g/mol. The van der Waals surface area contributed by atoms with E-state index in [1.807, 2.05) is 0 Å². The van der Waals surface area contributed by atoms with E-state index in [0.29, 0.717) is 42.5 Å². The molecule has 2 heterocycles. The van der Waals surface area contributed by atoms with Gasteiger partial charge in [0.25, 0.3) is 0 Å². The van der Waals surface area contributed by atoms with Crippen molar-refractivity contribution < 1.29 is 19.3 Å². The van der Waals surface area contributed by atoms with Gasteiger partial charge in [-0.2, -0.15) is 0 Å². The first-order chi connectivity index (χ1) is 16.4. The lowest BCUT2D eigenvalue weighted by molar-refractivity contribution is -0.228. The molecule has 0 amide bonds. The van der Waals surface area contributed by atoms with Crippen LogP contribution in [-0.4, -0.2) is 67.5 Å². The number of rotatable bonds is 6. The van der Waals surface area contributed by atoms with Crippen LogP contribution in [0.5, 0.6) is 0 Å². The maximum absolute atomic E-state index is 12.3. The Morgan fingerprint density at radius 3 is 2.44 bits per heavy atom. The summed E-state index contributed by atoms with van der Waals surface area (Å²) in [6.45, 7) is 11.1. The van der Waals surface area contributed by atoms with Crippen LogP contribution in [0.25, 0.3) is 0 Å². The first-order valence-corrected chi connectivity index (χ1v) is 14.7. The Balaban J connectivity index is 1.08. The van der Waals surface area contributed by atoms with Crippen molar-refractivity contribution in [2.75, 3.05) is 39.5 Å². The number of hydrogen-bond donors (Lipinski definition) is 1. The fraction of sp³-hybridized carbons (Fsp3) is 1.00. The molecule has 0 aromatic rings. The molecule has 0 bridgehead atoms. The van der Waals surface area contributed by atoms with Crippen molar-refractivity contribution >= 4 is 0 Å². The highest BCUT2D eigenvalue weighted by atomic mass is 16.7. The third-order valence-electron chi connectivity index (χ3n) is 12.0. The predicted octanol–water partition coefficient (Wildman–Crippen LogP) is 5.00. The Labute approximate surface area is 207 Å². The zero-order valence-electron chi connectivity index (χ0n) is 21.8. The van der Waals surface area contributed by atoms with Crippen molar-refractivity contribution in [3.63, 3.8) is 0 Å². The van der Waals surface area contributed by atoms with Gasteiger partial charge >= 0.3 is 0 Å². The molecule has 4 saturated carbocycles. The largest absolute Gasteiger partial charge is 0.389 e. The van der Waals surface area contributed by atoms with Crippen LogP contribution in [0.1, 0.15) is 90.9 Å². The van der Waals surface area contributed by atoms with Gasteiger partial charge in [0.15, 0.2) is 6.29 Å². The Bertz CT molecular complexity index is 721. The molecule has 6 aliphatic rings. The molecule has 2 aliphatic heterocycles. The summed E-state index contributed by atoms with van der Waals surface area (Å²) in [7, 11) is 0. The van der Waals surface area contributed by atoms with Gasteiger partial charge in [-0.05, 0) is 113 Å². The highest BCUT2D eigenvalue weighted by Gasteiger charge is 2.68. The Hall–Kier alpha value is -0.200. The standard InChI is InChI=1S/C29H49NO4/c1-27-11-8-22(32-17-5-16-30-14-3-4-15-30)20-21(27)6-7-24-23(27)9-12-28(2)25(10-13-29(24,28)31)26-33-18-19-34-26/h21-26,31H,3-20H2,1-2H3/t21?,22?,23-,24-,25?,27+,28-,29-/m1/s1. The van der Waals surface area contributed by atoms with Gasteiger partial charge in [-0.25, -0.2) is 0 Å². The maximum atomic E-state index is 12.3. The molecule has 4 aliphatic carbocycles. The number of hydrogen-bond acceptors (Lipinski definition) is 5. The van der Waals surface area contributed by atoms with E-state index in [2.05, 4.69) is 18.7 Å². The molecular formula is C29H49NO4. The van der Waals surface area contributed by atoms with E-state index in [0.717, 1.165) is 31.8 Å². The maximum Gasteiger partial charge on any atom is 0.161 e. The highest BCUT2D eigenvalue weighted by Crippen LogP contribution is 2.69. The predicted molar refractivity (Wildman–Crippen MR) is 132 cm³/mol. The average Bonchev–Trinajstić information content (AvgIpc) is 3.58. The molecule has 0 aromatic carbocycles. The number of nitrogens with zero attached hydrogens (tertiary/aromatic N) is 1. The molecule has 6 rings (SSSR count). The van der Waals surface area contributed by atoms with Crippen LogP contribution in [0.4, 0.5) is 0 Å². The minimum Gasteiger partial charge on any atom is -0.389 e. The molecule has 5 nitrogen and oxygen atoms in total. The molecule has 0 radical (unpaired) electrons. The van der Waals surface area contributed by atoms with Gasteiger partial charge in [0.05, 0.1) is 24.9 Å². The number of ether oxygens (including phenoxy) is 3. The quantitative estimate of drug-likeness (QED) is 0.548. The molecule has 1 N–H and O–H groups in total. The van der Waals surface area contributed by atoms with Crippen LogP contribution in [-0.2, 0) is 14.2 Å². The molecule has 0 aromatic heterocycles. The first-order valence-electron chi connectivity index (χ1n) is 14.7. The van der Waals surface area contributed by atoms with Crippen LogP contribution < -0.4 is 0 Å². The summed E-state index contributed by atoms with van der Waals surface area (Å²) in [6, 6.07) is 0. The van der Waals surface area contributed by atoms with E-state index in [1.54, 1.807) is 0 Å². The number of likely N-dealkylation sites (tertiary alicyclic amines) is 1. The summed E-state index contributed by atoms with van der Waals surface area (Å²) in [5.74, 6) is 2.20. The highest BCUT2D eigenvalue weighted by molar-refractivity contribution is 5.17. The lowest BCUT2D eigenvalue weighted by Crippen LogP contribution is -2.63. The summed E-state index contributed by atoms with van der Waals surface area (Å²) in [6.07, 6.45) is 14.9. The second kappa shape index (κ2) is 9.28. The van der Waals surface area contributed by atoms with Crippen LogP contribution in [0, 0.1) is 34.5 Å². The summed E-state index contributed by atoms with van der Waals surface area (Å²) < 4.78 is 18.4. The van der Waals surface area contributed by atoms with Crippen molar-refractivity contribution in [2.24, 2.45) is 34.5 Å². The van der Waals surface area contributed by atoms with Gasteiger partial charge in [-0.1, -0.05) is 13.8 Å². The lowest BCUT2D eigenvalue weighted by atomic mass is 9.43. The monoisotopic (exact) mass is 475 g/mol. The molecule has 6 fully saturated rings. The van der Waals surface area contributed by atoms with Gasteiger partial charge in [0.2, 0.25) is 0 Å². The minimum atomic E-state index is -0.549. The smallest absolute Gasteiger partial charge is 0.161 e. The Morgan fingerprint density at radius 2 is 1.65 bits per heavy atom. The normalized spacial score (nSPS) is 49.7. The van der Waals surface area contributed by atoms with Gasteiger partial charge in [0, 0.05) is 24.5 Å². The van der Waals surface area contributed by atoms with Crippen molar-refractivity contribution in [3.8, 4) is 0 Å². The molecule has 2 saturated heterocycles. The summed E-state index contributed by atoms with van der Waals surface area (Å²) in [4.78, 5) is 2.60. The van der Waals surface area contributed by atoms with Crippen LogP contribution in [0.3, 0.4) is 0 Å². The first kappa shape index (κ1) is 24.2. The number of fused-ring (bicyclic) bond motifs is 5.